The molecule has 3 heteroatoms. The topological polar surface area (TPSA) is 0 Å². The second-order valence-corrected chi connectivity index (χ2v) is 10.3. The van der Waals surface area contributed by atoms with Gasteiger partial charge in [-0.25, -0.2) is 6.07 Å². The van der Waals surface area contributed by atoms with Crippen LogP contribution in [0.4, 0.5) is 0 Å². The Labute approximate surface area is 265 Å². The molecule has 1 aliphatic carbocycles. The summed E-state index contributed by atoms with van der Waals surface area (Å²) in [5.41, 5.74) is 10.8. The summed E-state index contributed by atoms with van der Waals surface area (Å²) >= 11 is 1.46. The van der Waals surface area contributed by atoms with E-state index in [4.69, 9.17) is 0 Å². The molecule has 0 bridgehead atoms. The fourth-order valence-electron chi connectivity index (χ4n) is 4.57. The molecular formula is C37H28Cl2Zr-2. The Morgan fingerprint density at radius 3 is 1.73 bits per heavy atom. The summed E-state index contributed by atoms with van der Waals surface area (Å²) in [7, 11) is 0. The fourth-order valence-corrected chi connectivity index (χ4v) is 5.39. The van der Waals surface area contributed by atoms with Gasteiger partial charge >= 0.3 is 99.2 Å². The van der Waals surface area contributed by atoms with E-state index in [1.54, 1.807) is 0 Å². The van der Waals surface area contributed by atoms with Gasteiger partial charge in [-0.15, -0.1) is 5.56 Å². The Hall–Kier alpha value is -3.22. The molecule has 0 saturated heterocycles. The van der Waals surface area contributed by atoms with E-state index < -0.39 is 0 Å². The zero-order valence-corrected chi connectivity index (χ0v) is 25.9. The van der Waals surface area contributed by atoms with E-state index in [1.807, 2.05) is 12.1 Å². The third-order valence-electron chi connectivity index (χ3n) is 6.51. The first kappa shape index (κ1) is 31.3. The van der Waals surface area contributed by atoms with Crippen molar-refractivity contribution in [1.29, 1.82) is 0 Å². The number of halogens is 2. The van der Waals surface area contributed by atoms with Gasteiger partial charge in [0.1, 0.15) is 0 Å². The molecular weight excluding hydrogens is 607 g/mol. The van der Waals surface area contributed by atoms with Gasteiger partial charge in [-0.2, -0.15) is 53.6 Å². The van der Waals surface area contributed by atoms with Crippen molar-refractivity contribution in [2.24, 2.45) is 0 Å². The molecule has 40 heavy (non-hydrogen) atoms. The van der Waals surface area contributed by atoms with Crippen molar-refractivity contribution < 1.29 is 49.0 Å². The molecule has 6 aromatic rings. The van der Waals surface area contributed by atoms with Crippen molar-refractivity contribution in [1.82, 2.24) is 0 Å². The molecule has 196 valence electrons. The van der Waals surface area contributed by atoms with Gasteiger partial charge in [0.15, 0.2) is 0 Å². The molecule has 6 aromatic carbocycles. The van der Waals surface area contributed by atoms with Crippen LogP contribution in [0.15, 0.2) is 158 Å². The number of hydrogen-bond donors (Lipinski definition) is 0. The Morgan fingerprint density at radius 2 is 1.12 bits per heavy atom. The predicted molar refractivity (Wildman–Crippen MR) is 157 cm³/mol. The quantitative estimate of drug-likeness (QED) is 0.263. The van der Waals surface area contributed by atoms with Crippen LogP contribution in [0.5, 0.6) is 0 Å². The molecule has 0 atom stereocenters. The Bertz CT molecular complexity index is 1490. The summed E-state index contributed by atoms with van der Waals surface area (Å²) in [6.45, 7) is 0. The molecule has 7 rings (SSSR count). The molecule has 0 saturated carbocycles. The molecule has 0 N–H and O–H groups in total. The summed E-state index contributed by atoms with van der Waals surface area (Å²) in [6.07, 6.45) is 1.05. The minimum atomic E-state index is 0. The fraction of sp³-hybridized carbons (Fsp3) is 0.0270. The van der Waals surface area contributed by atoms with Crippen molar-refractivity contribution in [3.63, 3.8) is 0 Å². The molecule has 0 nitrogen and oxygen atoms in total. The van der Waals surface area contributed by atoms with Gasteiger partial charge in [-0.05, 0) is 6.42 Å². The van der Waals surface area contributed by atoms with Gasteiger partial charge in [0.05, 0.1) is 0 Å². The summed E-state index contributed by atoms with van der Waals surface area (Å²) in [4.78, 5) is 0. The maximum atomic E-state index is 3.30. The molecule has 0 heterocycles. The molecule has 1 aliphatic rings. The van der Waals surface area contributed by atoms with Gasteiger partial charge in [0, 0.05) is 0 Å². The van der Waals surface area contributed by atoms with Crippen molar-refractivity contribution >= 4 is 3.21 Å². The van der Waals surface area contributed by atoms with E-state index in [9.17, 15) is 0 Å². The first-order valence-corrected chi connectivity index (χ1v) is 14.1. The van der Waals surface area contributed by atoms with Crippen LogP contribution in [0.3, 0.4) is 0 Å². The minimum Gasteiger partial charge on any atom is -0.206 e. The molecule has 0 spiro atoms. The summed E-state index contributed by atoms with van der Waals surface area (Å²) < 4.78 is 1.42. The maximum absolute atomic E-state index is 3.30. The van der Waals surface area contributed by atoms with Crippen LogP contribution in [-0.2, 0) is 30.7 Å². The largest absolute Gasteiger partial charge is 0.206 e. The predicted octanol–water partition coefficient (Wildman–Crippen LogP) is 2.94. The van der Waals surface area contributed by atoms with Crippen LogP contribution in [0.2, 0.25) is 0 Å². The molecule has 0 amide bonds. The molecule has 0 aromatic heterocycles. The third kappa shape index (κ3) is 8.15. The van der Waals surface area contributed by atoms with Gasteiger partial charge in [0.25, 0.3) is 0 Å². The molecule has 0 aliphatic heterocycles. The summed E-state index contributed by atoms with van der Waals surface area (Å²) in [6, 6.07) is 58.0. The SMILES string of the molecule is [Cl-].[Cl-].[Zr+2]=[C](c1ccccc1)c1ccccc1.[c-]1cccc2c1Cc1ccccc1-2.c1ccc(-c2cc[cH-]c2)cc1. The van der Waals surface area contributed by atoms with Crippen LogP contribution < -0.4 is 24.8 Å². The van der Waals surface area contributed by atoms with Crippen molar-refractivity contribution in [3.8, 4) is 22.3 Å². The van der Waals surface area contributed by atoms with E-state index in [1.165, 1.54) is 71.9 Å². The van der Waals surface area contributed by atoms with E-state index in [2.05, 4.69) is 152 Å². The number of fused-ring (bicyclic) bond motifs is 3. The van der Waals surface area contributed by atoms with Crippen LogP contribution in [0.1, 0.15) is 22.3 Å². The van der Waals surface area contributed by atoms with Gasteiger partial charge in [-0.3, -0.25) is 0 Å². The average Bonchev–Trinajstić information content (AvgIpc) is 3.68. The number of rotatable bonds is 3. The van der Waals surface area contributed by atoms with Crippen LogP contribution in [0, 0.1) is 6.07 Å². The van der Waals surface area contributed by atoms with E-state index in [-0.39, 0.29) is 24.8 Å². The summed E-state index contributed by atoms with van der Waals surface area (Å²) in [5, 5.41) is 0. The second-order valence-electron chi connectivity index (χ2n) is 9.04. The first-order chi connectivity index (χ1) is 18.8. The number of hydrogen-bond acceptors (Lipinski definition) is 0. The molecule has 0 fully saturated rings. The third-order valence-corrected chi connectivity index (χ3v) is 7.93. The molecule has 0 radical (unpaired) electrons. The van der Waals surface area contributed by atoms with Crippen molar-refractivity contribution in [3.05, 3.63) is 186 Å². The Kier molecular flexibility index (Phi) is 12.6. The normalized spacial score (nSPS) is 10.2. The maximum Gasteiger partial charge on any atom is -0.0253 e. The van der Waals surface area contributed by atoms with Gasteiger partial charge < -0.3 is 24.8 Å². The first-order valence-electron chi connectivity index (χ1n) is 12.8. The van der Waals surface area contributed by atoms with Crippen LogP contribution in [-0.4, -0.2) is 3.21 Å². The second kappa shape index (κ2) is 16.1. The Morgan fingerprint density at radius 1 is 0.575 bits per heavy atom. The van der Waals surface area contributed by atoms with E-state index >= 15 is 0 Å². The van der Waals surface area contributed by atoms with Crippen molar-refractivity contribution in [2.75, 3.05) is 0 Å². The zero-order valence-electron chi connectivity index (χ0n) is 22.0. The van der Waals surface area contributed by atoms with Crippen molar-refractivity contribution in [2.45, 2.75) is 6.42 Å². The average molecular weight is 635 g/mol. The summed E-state index contributed by atoms with van der Waals surface area (Å²) in [5.74, 6) is 0. The van der Waals surface area contributed by atoms with Gasteiger partial charge in [0.2, 0.25) is 0 Å². The van der Waals surface area contributed by atoms with E-state index in [0.29, 0.717) is 0 Å². The number of benzene rings is 5. The van der Waals surface area contributed by atoms with Gasteiger partial charge in [-0.1, -0.05) is 71.3 Å². The van der Waals surface area contributed by atoms with Crippen LogP contribution in [0.25, 0.3) is 22.3 Å². The zero-order chi connectivity index (χ0) is 26.0. The smallest absolute Gasteiger partial charge is 0.0253 e. The Balaban J connectivity index is 0.000000162. The monoisotopic (exact) mass is 632 g/mol. The molecule has 0 unspecified atom stereocenters. The standard InChI is InChI=1S/C13H9.C13H10.C11H9.2ClH.Zr/c1-3-7-12-10(5-1)9-11-6-2-4-8-13(11)12;1-3-7-12(8-4-1)11-13-9-5-2-6-10-13;1-2-6-10(7-3-1)11-8-4-5-9-11;;;/h1-5,7-8H,9H2;1-10H;1-9H;2*1H;/q-1;;-1;;;+2/p-2. The van der Waals surface area contributed by atoms with E-state index in [0.717, 1.165) is 6.42 Å². The van der Waals surface area contributed by atoms with Crippen LogP contribution >= 0.6 is 0 Å². The minimum absolute atomic E-state index is 0.